The topological polar surface area (TPSA) is 78.3 Å². The minimum atomic E-state index is -4.45. The molecule has 3 heterocycles. The number of aliphatic hydroxyl groups is 1. The van der Waals surface area contributed by atoms with Crippen LogP contribution in [0.3, 0.4) is 0 Å². The van der Waals surface area contributed by atoms with Crippen molar-refractivity contribution < 1.29 is 23.1 Å². The van der Waals surface area contributed by atoms with Crippen LogP contribution in [0.25, 0.3) is 0 Å². The number of hydrogen-bond donors (Lipinski definition) is 2. The Labute approximate surface area is 226 Å². The number of thiazole rings is 1. The van der Waals surface area contributed by atoms with Crippen LogP contribution in [0.2, 0.25) is 0 Å². The molecular formula is C28H37F3N4O2S. The first-order valence-electron chi connectivity index (χ1n) is 13.7. The van der Waals surface area contributed by atoms with Gasteiger partial charge in [-0.3, -0.25) is 14.8 Å². The van der Waals surface area contributed by atoms with Gasteiger partial charge in [-0.15, -0.1) is 11.3 Å². The second kappa shape index (κ2) is 10.8. The highest BCUT2D eigenvalue weighted by molar-refractivity contribution is 7.09. The average Bonchev–Trinajstić information content (AvgIpc) is 3.44. The number of aromatic nitrogens is 2. The number of amides is 1. The second-order valence-electron chi connectivity index (χ2n) is 11.7. The zero-order valence-corrected chi connectivity index (χ0v) is 22.8. The number of hydrogen-bond acceptors (Lipinski definition) is 6. The van der Waals surface area contributed by atoms with E-state index in [0.29, 0.717) is 49.0 Å². The van der Waals surface area contributed by atoms with Gasteiger partial charge in [0.1, 0.15) is 5.60 Å². The lowest BCUT2D eigenvalue weighted by Gasteiger charge is -2.43. The molecule has 0 aromatic carbocycles. The number of nitrogens with zero attached hydrogens (tertiary/aromatic N) is 3. The molecular weight excluding hydrogens is 513 g/mol. The summed E-state index contributed by atoms with van der Waals surface area (Å²) in [5.74, 6) is 0.509. The maximum absolute atomic E-state index is 13.8. The molecule has 38 heavy (non-hydrogen) atoms. The number of rotatable bonds is 5. The fourth-order valence-corrected chi connectivity index (χ4v) is 7.50. The Morgan fingerprint density at radius 2 is 1.95 bits per heavy atom. The Balaban J connectivity index is 1.23. The number of carbonyl (C=O) groups excluding carboxylic acids is 1. The zero-order chi connectivity index (χ0) is 27.1. The van der Waals surface area contributed by atoms with Crippen molar-refractivity contribution in [3.8, 4) is 0 Å². The maximum atomic E-state index is 13.8. The first-order chi connectivity index (χ1) is 18.0. The van der Waals surface area contributed by atoms with E-state index < -0.39 is 17.3 Å². The van der Waals surface area contributed by atoms with E-state index in [9.17, 15) is 23.1 Å². The molecule has 3 atom stereocenters. The van der Waals surface area contributed by atoms with Gasteiger partial charge < -0.3 is 15.3 Å². The van der Waals surface area contributed by atoms with Gasteiger partial charge in [0.05, 0.1) is 16.0 Å². The largest absolute Gasteiger partial charge is 0.417 e. The van der Waals surface area contributed by atoms with Gasteiger partial charge in [0, 0.05) is 55.6 Å². The number of alkyl halides is 3. The van der Waals surface area contributed by atoms with E-state index in [1.54, 1.807) is 16.6 Å². The SMILES string of the molecule is CC(C)[C@@H]1CCC(NC2CCC(O)(c3cncs3)CC2)CC1C(=O)N1CCc2ncc(C(F)(F)F)cc2C1. The van der Waals surface area contributed by atoms with Gasteiger partial charge >= 0.3 is 6.18 Å². The van der Waals surface area contributed by atoms with E-state index in [1.165, 1.54) is 11.3 Å². The molecule has 6 nitrogen and oxygen atoms in total. The van der Waals surface area contributed by atoms with Gasteiger partial charge in [0.15, 0.2) is 0 Å². The Hall–Kier alpha value is -2.04. The van der Waals surface area contributed by atoms with Crippen molar-refractivity contribution in [2.24, 2.45) is 17.8 Å². The maximum Gasteiger partial charge on any atom is 0.417 e. The Kier molecular flexibility index (Phi) is 7.86. The van der Waals surface area contributed by atoms with Crippen LogP contribution in [0.1, 0.15) is 80.5 Å². The summed E-state index contributed by atoms with van der Waals surface area (Å²) in [5, 5.41) is 14.9. The molecule has 0 bridgehead atoms. The second-order valence-corrected chi connectivity index (χ2v) is 12.6. The van der Waals surface area contributed by atoms with Crippen LogP contribution in [-0.4, -0.2) is 44.5 Å². The van der Waals surface area contributed by atoms with E-state index in [0.717, 1.165) is 49.2 Å². The summed E-state index contributed by atoms with van der Waals surface area (Å²) < 4.78 is 39.8. The lowest BCUT2D eigenvalue weighted by atomic mass is 9.70. The number of halogens is 3. The van der Waals surface area contributed by atoms with Crippen LogP contribution in [0.4, 0.5) is 13.2 Å². The summed E-state index contributed by atoms with van der Waals surface area (Å²) >= 11 is 1.50. The van der Waals surface area contributed by atoms with E-state index in [1.807, 2.05) is 0 Å². The van der Waals surface area contributed by atoms with E-state index in [4.69, 9.17) is 0 Å². The normalized spacial score (nSPS) is 30.3. The summed E-state index contributed by atoms with van der Waals surface area (Å²) in [6, 6.07) is 1.67. The van der Waals surface area contributed by atoms with Crippen molar-refractivity contribution in [3.63, 3.8) is 0 Å². The minimum absolute atomic E-state index is 0.0569. The fraction of sp³-hybridized carbons (Fsp3) is 0.679. The highest BCUT2D eigenvalue weighted by Crippen LogP contribution is 2.41. The van der Waals surface area contributed by atoms with Gasteiger partial charge in [0.2, 0.25) is 5.91 Å². The van der Waals surface area contributed by atoms with Gasteiger partial charge in [0.25, 0.3) is 0 Å². The van der Waals surface area contributed by atoms with E-state index >= 15 is 0 Å². The summed E-state index contributed by atoms with van der Waals surface area (Å²) in [6.07, 6.45) is 4.50. The molecule has 2 aromatic heterocycles. The number of pyridine rings is 1. The molecule has 2 aliphatic carbocycles. The number of nitrogens with one attached hydrogen (secondary N) is 1. The van der Waals surface area contributed by atoms with Crippen LogP contribution < -0.4 is 5.32 Å². The molecule has 0 spiro atoms. The quantitative estimate of drug-likeness (QED) is 0.528. The monoisotopic (exact) mass is 550 g/mol. The van der Waals surface area contributed by atoms with E-state index in [2.05, 4.69) is 29.1 Å². The molecule has 5 rings (SSSR count). The first kappa shape index (κ1) is 27.5. The molecule has 2 N–H and O–H groups in total. The van der Waals surface area contributed by atoms with Crippen LogP contribution in [0, 0.1) is 17.8 Å². The Bertz CT molecular complexity index is 1120. The van der Waals surface area contributed by atoms with Crippen molar-refractivity contribution in [2.45, 2.75) is 95.6 Å². The highest BCUT2D eigenvalue weighted by atomic mass is 32.1. The molecule has 2 aromatic rings. The summed E-state index contributed by atoms with van der Waals surface area (Å²) in [7, 11) is 0. The van der Waals surface area contributed by atoms with Crippen molar-refractivity contribution >= 4 is 17.2 Å². The fourth-order valence-electron chi connectivity index (χ4n) is 6.72. The third kappa shape index (κ3) is 5.77. The van der Waals surface area contributed by atoms with Crippen LogP contribution in [0.15, 0.2) is 24.0 Å². The van der Waals surface area contributed by atoms with Crippen molar-refractivity contribution in [2.75, 3.05) is 6.54 Å². The number of fused-ring (bicyclic) bond motifs is 1. The molecule has 2 unspecified atom stereocenters. The molecule has 3 aliphatic rings. The molecule has 1 aliphatic heterocycles. The van der Waals surface area contributed by atoms with Crippen molar-refractivity contribution in [3.05, 3.63) is 45.7 Å². The molecule has 0 saturated heterocycles. The van der Waals surface area contributed by atoms with Gasteiger partial charge in [-0.25, -0.2) is 0 Å². The predicted octanol–water partition coefficient (Wildman–Crippen LogP) is 5.30. The predicted molar refractivity (Wildman–Crippen MR) is 139 cm³/mol. The van der Waals surface area contributed by atoms with Gasteiger partial charge in [-0.1, -0.05) is 13.8 Å². The highest BCUT2D eigenvalue weighted by Gasteiger charge is 2.42. The first-order valence-corrected chi connectivity index (χ1v) is 14.6. The van der Waals surface area contributed by atoms with Gasteiger partial charge in [-0.05, 0) is 68.4 Å². The van der Waals surface area contributed by atoms with Crippen molar-refractivity contribution in [1.82, 2.24) is 20.2 Å². The summed E-state index contributed by atoms with van der Waals surface area (Å²) in [4.78, 5) is 24.7. The Morgan fingerprint density at radius 1 is 1.18 bits per heavy atom. The lowest BCUT2D eigenvalue weighted by Crippen LogP contribution is -2.50. The molecule has 0 radical (unpaired) electrons. The standard InChI is InChI=1S/C28H37F3N4O2S/c1-17(2)22-4-3-21(34-20-5-8-27(37,9-6-20)25-14-32-16-38-25)12-23(22)26(36)35-10-7-24-18(15-35)11-19(13-33-24)28(29,30)31/h11,13-14,16-17,20-23,34,37H,3-10,12,15H2,1-2H3/t20?,21?,22-,23?,27?/m0/s1. The molecule has 10 heteroatoms. The summed E-state index contributed by atoms with van der Waals surface area (Å²) in [5.41, 5.74) is 1.36. The lowest BCUT2D eigenvalue weighted by molar-refractivity contribution is -0.141. The molecule has 1 amide bonds. The van der Waals surface area contributed by atoms with Gasteiger partial charge in [-0.2, -0.15) is 13.2 Å². The summed E-state index contributed by atoms with van der Waals surface area (Å²) in [6.45, 7) is 4.99. The minimum Gasteiger partial charge on any atom is -0.384 e. The zero-order valence-electron chi connectivity index (χ0n) is 22.0. The molecule has 2 saturated carbocycles. The molecule has 208 valence electrons. The van der Waals surface area contributed by atoms with Crippen LogP contribution in [-0.2, 0) is 29.5 Å². The van der Waals surface area contributed by atoms with Crippen LogP contribution >= 0.6 is 11.3 Å². The van der Waals surface area contributed by atoms with Crippen LogP contribution in [0.5, 0.6) is 0 Å². The number of carbonyl (C=O) groups is 1. The van der Waals surface area contributed by atoms with Crippen molar-refractivity contribution in [1.29, 1.82) is 0 Å². The Morgan fingerprint density at radius 3 is 2.61 bits per heavy atom. The smallest absolute Gasteiger partial charge is 0.384 e. The third-order valence-corrected chi connectivity index (χ3v) is 9.90. The molecule has 2 fully saturated rings. The van der Waals surface area contributed by atoms with E-state index in [-0.39, 0.29) is 30.3 Å². The average molecular weight is 551 g/mol. The third-order valence-electron chi connectivity index (χ3n) is 8.93.